The average molecular weight is 394 g/mol. The van der Waals surface area contributed by atoms with E-state index in [1.54, 1.807) is 13.0 Å². The van der Waals surface area contributed by atoms with E-state index in [2.05, 4.69) is 33.9 Å². The largest absolute Gasteiger partial charge is 0.463 e. The summed E-state index contributed by atoms with van der Waals surface area (Å²) in [5, 5.41) is 11.3. The first-order chi connectivity index (χ1) is 12.5. The molecule has 0 saturated carbocycles. The van der Waals surface area contributed by atoms with Gasteiger partial charge in [-0.05, 0) is 36.7 Å². The van der Waals surface area contributed by atoms with Crippen LogP contribution in [0.15, 0.2) is 42.5 Å². The van der Waals surface area contributed by atoms with Crippen LogP contribution in [-0.2, 0) is 14.0 Å². The molecule has 0 spiro atoms. The first-order valence-corrected chi connectivity index (χ1v) is 12.1. The quantitative estimate of drug-likeness (QED) is 0.202. The minimum Gasteiger partial charge on any atom is -0.463 e. The second-order valence-electron chi connectivity index (χ2n) is 7.99. The molecule has 7 heteroatoms. The van der Waals surface area contributed by atoms with Gasteiger partial charge in [0.2, 0.25) is 6.54 Å². The summed E-state index contributed by atoms with van der Waals surface area (Å²) in [5.41, 5.74) is 0.811. The van der Waals surface area contributed by atoms with Crippen molar-refractivity contribution in [2.75, 3.05) is 13.2 Å². The standard InChI is InChI=1S/C20H31NO5Si/c1-7-25-19(22)14-13-18(26-27(5,6)20(2,3)4)17(15-21(23)24)16-11-9-8-10-12-16/h8-14,17-18H,7,15H2,1-6H3/b14-13+/t17-,18-/m1/s1. The van der Waals surface area contributed by atoms with Crippen LogP contribution in [0.25, 0.3) is 0 Å². The van der Waals surface area contributed by atoms with E-state index in [0.29, 0.717) is 0 Å². The summed E-state index contributed by atoms with van der Waals surface area (Å²) in [6.45, 7) is 12.2. The van der Waals surface area contributed by atoms with Crippen molar-refractivity contribution in [1.29, 1.82) is 0 Å². The minimum atomic E-state index is -2.23. The number of benzene rings is 1. The Bertz CT molecular complexity index is 652. The molecule has 1 aromatic carbocycles. The van der Waals surface area contributed by atoms with Gasteiger partial charge >= 0.3 is 5.97 Å². The molecule has 0 aliphatic carbocycles. The molecule has 0 radical (unpaired) electrons. The molecular formula is C20H31NO5Si. The maximum absolute atomic E-state index is 11.8. The predicted octanol–water partition coefficient (Wildman–Crippen LogP) is 4.56. The number of hydrogen-bond donors (Lipinski definition) is 0. The zero-order chi connectivity index (χ0) is 20.7. The molecule has 0 unspecified atom stereocenters. The fraction of sp³-hybridized carbons (Fsp3) is 0.550. The number of carbonyl (C=O) groups is 1. The Balaban J connectivity index is 3.29. The summed E-state index contributed by atoms with van der Waals surface area (Å²) < 4.78 is 11.4. The van der Waals surface area contributed by atoms with Gasteiger partial charge in [-0.15, -0.1) is 0 Å². The average Bonchev–Trinajstić information content (AvgIpc) is 2.56. The van der Waals surface area contributed by atoms with Crippen molar-refractivity contribution in [3.63, 3.8) is 0 Å². The van der Waals surface area contributed by atoms with Gasteiger partial charge in [0.15, 0.2) is 8.32 Å². The van der Waals surface area contributed by atoms with Crippen LogP contribution in [0.1, 0.15) is 39.2 Å². The Kier molecular flexibility index (Phi) is 8.37. The number of nitrogens with zero attached hydrogens (tertiary/aromatic N) is 1. The smallest absolute Gasteiger partial charge is 0.330 e. The molecule has 0 aromatic heterocycles. The van der Waals surface area contributed by atoms with E-state index in [4.69, 9.17) is 9.16 Å². The summed E-state index contributed by atoms with van der Waals surface area (Å²) in [7, 11) is -2.23. The highest BCUT2D eigenvalue weighted by atomic mass is 28.4. The first kappa shape index (κ1) is 23.0. The minimum absolute atomic E-state index is 0.0706. The number of carbonyl (C=O) groups excluding carboxylic acids is 1. The van der Waals surface area contributed by atoms with Gasteiger partial charge < -0.3 is 9.16 Å². The van der Waals surface area contributed by atoms with Crippen molar-refractivity contribution in [2.45, 2.75) is 57.8 Å². The third kappa shape index (κ3) is 7.26. The zero-order valence-electron chi connectivity index (χ0n) is 17.1. The van der Waals surface area contributed by atoms with E-state index < -0.39 is 26.3 Å². The van der Waals surface area contributed by atoms with Gasteiger partial charge in [0.25, 0.3) is 0 Å². The second-order valence-corrected chi connectivity index (χ2v) is 12.7. The third-order valence-corrected chi connectivity index (χ3v) is 9.39. The summed E-state index contributed by atoms with van der Waals surface area (Å²) in [6, 6.07) is 9.27. The van der Waals surface area contributed by atoms with E-state index in [1.807, 2.05) is 30.3 Å². The van der Waals surface area contributed by atoms with Crippen LogP contribution in [0.3, 0.4) is 0 Å². The molecule has 1 rings (SSSR count). The first-order valence-electron chi connectivity index (χ1n) is 9.17. The van der Waals surface area contributed by atoms with Gasteiger partial charge in [-0.3, -0.25) is 10.1 Å². The summed E-state index contributed by atoms with van der Waals surface area (Å²) >= 11 is 0. The maximum atomic E-state index is 11.8. The van der Waals surface area contributed by atoms with Crippen LogP contribution in [-0.4, -0.2) is 38.5 Å². The van der Waals surface area contributed by atoms with Crippen molar-refractivity contribution in [1.82, 2.24) is 0 Å². The lowest BCUT2D eigenvalue weighted by atomic mass is 9.93. The van der Waals surface area contributed by atoms with Crippen LogP contribution < -0.4 is 0 Å². The molecule has 0 heterocycles. The van der Waals surface area contributed by atoms with E-state index in [0.717, 1.165) is 5.56 Å². The topological polar surface area (TPSA) is 78.7 Å². The van der Waals surface area contributed by atoms with Crippen molar-refractivity contribution >= 4 is 14.3 Å². The molecule has 0 saturated heterocycles. The van der Waals surface area contributed by atoms with Crippen molar-refractivity contribution < 1.29 is 18.9 Å². The van der Waals surface area contributed by atoms with E-state index in [-0.39, 0.29) is 23.1 Å². The van der Waals surface area contributed by atoms with Crippen molar-refractivity contribution in [3.8, 4) is 0 Å². The van der Waals surface area contributed by atoms with Gasteiger partial charge in [0.1, 0.15) is 0 Å². The summed E-state index contributed by atoms with van der Waals surface area (Å²) in [5.74, 6) is -0.977. The van der Waals surface area contributed by atoms with E-state index in [9.17, 15) is 14.9 Å². The molecule has 150 valence electrons. The predicted molar refractivity (Wildman–Crippen MR) is 109 cm³/mol. The maximum Gasteiger partial charge on any atom is 0.330 e. The molecule has 0 bridgehead atoms. The second kappa shape index (κ2) is 9.80. The van der Waals surface area contributed by atoms with Crippen molar-refractivity contribution in [2.24, 2.45) is 0 Å². The molecule has 0 amide bonds. The third-order valence-electron chi connectivity index (χ3n) is 4.92. The van der Waals surface area contributed by atoms with Crippen LogP contribution in [0, 0.1) is 10.1 Å². The zero-order valence-corrected chi connectivity index (χ0v) is 18.1. The van der Waals surface area contributed by atoms with Gasteiger partial charge in [-0.25, -0.2) is 4.79 Å². The molecule has 27 heavy (non-hydrogen) atoms. The monoisotopic (exact) mass is 393 g/mol. The lowest BCUT2D eigenvalue weighted by molar-refractivity contribution is -0.484. The van der Waals surface area contributed by atoms with E-state index >= 15 is 0 Å². The fourth-order valence-corrected chi connectivity index (χ4v) is 3.67. The van der Waals surface area contributed by atoms with Crippen LogP contribution >= 0.6 is 0 Å². The SMILES string of the molecule is CCOC(=O)/C=C/[C@@H](O[Si](C)(C)C(C)(C)C)[C@H](C[N+](=O)[O-])c1ccccc1. The van der Waals surface area contributed by atoms with Crippen LogP contribution in [0.5, 0.6) is 0 Å². The van der Waals surface area contributed by atoms with E-state index in [1.165, 1.54) is 6.08 Å². The number of ether oxygens (including phenoxy) is 1. The van der Waals surface area contributed by atoms with Gasteiger partial charge in [0, 0.05) is 11.0 Å². The lowest BCUT2D eigenvalue weighted by Gasteiger charge is -2.40. The molecule has 0 aliphatic heterocycles. The molecule has 0 N–H and O–H groups in total. The Morgan fingerprint density at radius 1 is 1.26 bits per heavy atom. The van der Waals surface area contributed by atoms with Gasteiger partial charge in [0.05, 0.1) is 18.6 Å². The number of nitro groups is 1. The van der Waals surface area contributed by atoms with Crippen molar-refractivity contribution in [3.05, 3.63) is 58.2 Å². The highest BCUT2D eigenvalue weighted by Gasteiger charge is 2.41. The number of hydrogen-bond acceptors (Lipinski definition) is 5. The Labute approximate surface area is 162 Å². The molecule has 1 aromatic rings. The Hall–Kier alpha value is -1.99. The Morgan fingerprint density at radius 3 is 2.33 bits per heavy atom. The van der Waals surface area contributed by atoms with Crippen LogP contribution in [0.2, 0.25) is 18.1 Å². The Morgan fingerprint density at radius 2 is 1.85 bits per heavy atom. The normalized spacial score (nSPS) is 14.7. The molecule has 6 nitrogen and oxygen atoms in total. The number of rotatable bonds is 9. The van der Waals surface area contributed by atoms with Crippen LogP contribution in [0.4, 0.5) is 0 Å². The fourth-order valence-electron chi connectivity index (χ4n) is 2.40. The molecule has 0 aliphatic rings. The van der Waals surface area contributed by atoms with Gasteiger partial charge in [-0.2, -0.15) is 0 Å². The molecule has 2 atom stereocenters. The summed E-state index contributed by atoms with van der Waals surface area (Å²) in [6.07, 6.45) is 2.33. The number of esters is 1. The highest BCUT2D eigenvalue weighted by molar-refractivity contribution is 6.74. The lowest BCUT2D eigenvalue weighted by Crippen LogP contribution is -2.45. The highest BCUT2D eigenvalue weighted by Crippen LogP contribution is 2.39. The molecular weight excluding hydrogens is 362 g/mol. The molecule has 0 fully saturated rings. The van der Waals surface area contributed by atoms with Gasteiger partial charge in [-0.1, -0.05) is 51.1 Å². The summed E-state index contributed by atoms with van der Waals surface area (Å²) in [4.78, 5) is 22.8.